The van der Waals surface area contributed by atoms with Crippen LogP contribution < -0.4 is 14.8 Å². The van der Waals surface area contributed by atoms with Gasteiger partial charge in [-0.15, -0.1) is 0 Å². The Balaban J connectivity index is 1.49. The number of pyridine rings is 2. The fourth-order valence-electron chi connectivity index (χ4n) is 4.16. The summed E-state index contributed by atoms with van der Waals surface area (Å²) in [6, 6.07) is 13.9. The summed E-state index contributed by atoms with van der Waals surface area (Å²) in [6.45, 7) is 5.86. The van der Waals surface area contributed by atoms with Crippen LogP contribution in [0.4, 0.5) is 0 Å². The van der Waals surface area contributed by atoms with Gasteiger partial charge in [0.05, 0.1) is 31.1 Å². The molecule has 35 heavy (non-hydrogen) atoms. The molecule has 1 aliphatic rings. The fraction of sp³-hybridized carbons (Fsp3) is 0.259. The molecule has 1 amide bonds. The molecule has 4 heterocycles. The van der Waals surface area contributed by atoms with E-state index in [9.17, 15) is 4.79 Å². The quantitative estimate of drug-likeness (QED) is 0.430. The Morgan fingerprint density at radius 1 is 1.09 bits per heavy atom. The Labute approximate surface area is 204 Å². The van der Waals surface area contributed by atoms with Gasteiger partial charge in [0.1, 0.15) is 18.0 Å². The second kappa shape index (κ2) is 9.58. The minimum atomic E-state index is -0.176. The predicted molar refractivity (Wildman–Crippen MR) is 132 cm³/mol. The summed E-state index contributed by atoms with van der Waals surface area (Å²) in [5.74, 6) is 1.37. The van der Waals surface area contributed by atoms with Gasteiger partial charge in [-0.2, -0.15) is 5.10 Å². The van der Waals surface area contributed by atoms with Crippen molar-refractivity contribution >= 4 is 5.91 Å². The molecule has 0 unspecified atom stereocenters. The molecule has 8 nitrogen and oxygen atoms in total. The van der Waals surface area contributed by atoms with E-state index < -0.39 is 0 Å². The smallest absolute Gasteiger partial charge is 0.270 e. The van der Waals surface area contributed by atoms with Gasteiger partial charge in [-0.05, 0) is 29.2 Å². The number of rotatable bonds is 7. The van der Waals surface area contributed by atoms with Crippen LogP contribution in [-0.2, 0) is 13.2 Å². The number of nitrogens with zero attached hydrogens (tertiary/aromatic N) is 4. The number of nitrogens with one attached hydrogen (secondary N) is 1. The number of fused-ring (bicyclic) bond motifs is 1. The van der Waals surface area contributed by atoms with E-state index in [1.54, 1.807) is 36.4 Å². The zero-order valence-corrected chi connectivity index (χ0v) is 20.0. The summed E-state index contributed by atoms with van der Waals surface area (Å²) >= 11 is 0. The van der Waals surface area contributed by atoms with Crippen LogP contribution >= 0.6 is 0 Å². The molecule has 3 aromatic heterocycles. The molecule has 1 N–H and O–H groups in total. The Morgan fingerprint density at radius 2 is 1.86 bits per heavy atom. The first kappa shape index (κ1) is 22.6. The molecular formula is C27H27N5O3. The van der Waals surface area contributed by atoms with Crippen LogP contribution in [0, 0.1) is 0 Å². The molecule has 0 radical (unpaired) electrons. The van der Waals surface area contributed by atoms with E-state index in [4.69, 9.17) is 14.6 Å². The van der Waals surface area contributed by atoms with Gasteiger partial charge in [0.15, 0.2) is 11.5 Å². The van der Waals surface area contributed by atoms with Crippen molar-refractivity contribution in [2.75, 3.05) is 13.7 Å². The van der Waals surface area contributed by atoms with E-state index in [0.29, 0.717) is 59.8 Å². The molecule has 8 heteroatoms. The maximum absolute atomic E-state index is 12.8. The van der Waals surface area contributed by atoms with E-state index in [1.165, 1.54) is 5.56 Å². The summed E-state index contributed by atoms with van der Waals surface area (Å²) < 4.78 is 13.4. The lowest BCUT2D eigenvalue weighted by Gasteiger charge is -2.16. The van der Waals surface area contributed by atoms with Crippen LogP contribution in [0.5, 0.6) is 11.5 Å². The number of ether oxygens (including phenoxy) is 2. The van der Waals surface area contributed by atoms with Crippen LogP contribution in [-0.4, -0.2) is 39.3 Å². The highest BCUT2D eigenvalue weighted by Gasteiger charge is 2.29. The SMILES string of the molecule is COc1cc(-c2c(-c3ccncc3)nn3c2C(=O)NCC3)ncc1OCc1ccc(C(C)C)cc1. The first-order chi connectivity index (χ1) is 17.0. The lowest BCUT2D eigenvalue weighted by molar-refractivity contribution is 0.0925. The number of methoxy groups -OCH3 is 1. The Morgan fingerprint density at radius 3 is 2.57 bits per heavy atom. The lowest BCUT2D eigenvalue weighted by atomic mass is 10.0. The number of hydrogen-bond donors (Lipinski definition) is 1. The molecule has 0 saturated heterocycles. The van der Waals surface area contributed by atoms with Gasteiger partial charge in [-0.1, -0.05) is 38.1 Å². The highest BCUT2D eigenvalue weighted by Crippen LogP contribution is 2.38. The molecule has 0 saturated carbocycles. The third-order valence-corrected chi connectivity index (χ3v) is 6.08. The van der Waals surface area contributed by atoms with E-state index >= 15 is 0 Å². The molecule has 0 fully saturated rings. The van der Waals surface area contributed by atoms with E-state index in [1.807, 2.05) is 12.1 Å². The van der Waals surface area contributed by atoms with Gasteiger partial charge < -0.3 is 14.8 Å². The second-order valence-corrected chi connectivity index (χ2v) is 8.69. The normalized spacial score (nSPS) is 12.9. The number of amides is 1. The number of hydrogen-bond acceptors (Lipinski definition) is 6. The van der Waals surface area contributed by atoms with Gasteiger partial charge in [0, 0.05) is 30.6 Å². The molecule has 0 spiro atoms. The third kappa shape index (κ3) is 4.47. The van der Waals surface area contributed by atoms with E-state index in [2.05, 4.69) is 53.4 Å². The Hall–Kier alpha value is -4.20. The van der Waals surface area contributed by atoms with Crippen LogP contribution in [0.1, 0.15) is 41.4 Å². The molecule has 5 rings (SSSR count). The van der Waals surface area contributed by atoms with E-state index in [-0.39, 0.29) is 5.91 Å². The van der Waals surface area contributed by atoms with Crippen molar-refractivity contribution in [3.05, 3.63) is 77.9 Å². The fourth-order valence-corrected chi connectivity index (χ4v) is 4.16. The maximum atomic E-state index is 12.8. The number of carbonyl (C=O) groups is 1. The zero-order valence-electron chi connectivity index (χ0n) is 20.0. The molecule has 0 aliphatic carbocycles. The Bertz CT molecular complexity index is 1350. The van der Waals surface area contributed by atoms with Crippen molar-refractivity contribution in [2.24, 2.45) is 0 Å². The average molecular weight is 470 g/mol. The van der Waals surface area contributed by atoms with Crippen molar-refractivity contribution in [1.29, 1.82) is 0 Å². The first-order valence-corrected chi connectivity index (χ1v) is 11.6. The maximum Gasteiger partial charge on any atom is 0.270 e. The number of benzene rings is 1. The topological polar surface area (TPSA) is 91.2 Å². The summed E-state index contributed by atoms with van der Waals surface area (Å²) in [5.41, 5.74) is 5.60. The number of aromatic nitrogens is 4. The lowest BCUT2D eigenvalue weighted by Crippen LogP contribution is -2.35. The standard InChI is InChI=1S/C27H27N5O3/c1-17(2)19-6-4-18(5-7-19)16-35-23-15-30-21(14-22(23)34-3)24-25(20-8-10-28-11-9-20)31-32-13-12-29-27(33)26(24)32/h4-11,14-15,17H,12-13,16H2,1-3H3,(H,29,33). The summed E-state index contributed by atoms with van der Waals surface area (Å²) in [5, 5.41) is 7.64. The highest BCUT2D eigenvalue weighted by molar-refractivity contribution is 6.03. The van der Waals surface area contributed by atoms with Gasteiger partial charge in [0.25, 0.3) is 5.91 Å². The summed E-state index contributed by atoms with van der Waals surface area (Å²) in [4.78, 5) is 21.6. The van der Waals surface area contributed by atoms with E-state index in [0.717, 1.165) is 11.1 Å². The van der Waals surface area contributed by atoms with Crippen molar-refractivity contribution in [3.63, 3.8) is 0 Å². The monoisotopic (exact) mass is 469 g/mol. The molecule has 4 aromatic rings. The molecule has 0 bridgehead atoms. The average Bonchev–Trinajstić information content (AvgIpc) is 3.29. The second-order valence-electron chi connectivity index (χ2n) is 8.69. The van der Waals surface area contributed by atoms with Crippen LogP contribution in [0.15, 0.2) is 61.1 Å². The highest BCUT2D eigenvalue weighted by atomic mass is 16.5. The van der Waals surface area contributed by atoms with Crippen molar-refractivity contribution in [3.8, 4) is 34.0 Å². The van der Waals surface area contributed by atoms with Crippen molar-refractivity contribution < 1.29 is 14.3 Å². The first-order valence-electron chi connectivity index (χ1n) is 11.6. The van der Waals surface area contributed by atoms with Crippen LogP contribution in [0.2, 0.25) is 0 Å². The minimum absolute atomic E-state index is 0.176. The molecule has 1 aromatic carbocycles. The molecule has 178 valence electrons. The Kier molecular flexibility index (Phi) is 6.18. The third-order valence-electron chi connectivity index (χ3n) is 6.08. The van der Waals surface area contributed by atoms with Gasteiger partial charge >= 0.3 is 0 Å². The van der Waals surface area contributed by atoms with Crippen LogP contribution in [0.3, 0.4) is 0 Å². The molecule has 0 atom stereocenters. The predicted octanol–water partition coefficient (Wildman–Crippen LogP) is 4.46. The van der Waals surface area contributed by atoms with Crippen molar-refractivity contribution in [2.45, 2.75) is 32.9 Å². The van der Waals surface area contributed by atoms with Crippen molar-refractivity contribution in [1.82, 2.24) is 25.1 Å². The minimum Gasteiger partial charge on any atom is -0.493 e. The van der Waals surface area contributed by atoms with Gasteiger partial charge in [0.2, 0.25) is 0 Å². The van der Waals surface area contributed by atoms with Crippen LogP contribution in [0.25, 0.3) is 22.5 Å². The summed E-state index contributed by atoms with van der Waals surface area (Å²) in [6.07, 6.45) is 5.05. The van der Waals surface area contributed by atoms with Gasteiger partial charge in [-0.3, -0.25) is 19.4 Å². The van der Waals surface area contributed by atoms with Gasteiger partial charge in [-0.25, -0.2) is 0 Å². The molecular weight excluding hydrogens is 442 g/mol. The largest absolute Gasteiger partial charge is 0.493 e. The number of carbonyl (C=O) groups excluding carboxylic acids is 1. The molecule has 1 aliphatic heterocycles. The zero-order chi connectivity index (χ0) is 24.4. The summed E-state index contributed by atoms with van der Waals surface area (Å²) in [7, 11) is 1.59.